The van der Waals surface area contributed by atoms with E-state index in [-0.39, 0.29) is 11.0 Å². The molecular weight excluding hydrogens is 414 g/mol. The molecule has 0 aromatic heterocycles. The van der Waals surface area contributed by atoms with Crippen LogP contribution in [0.25, 0.3) is 0 Å². The molecule has 170 valence electrons. The number of rotatable bonds is 4. The van der Waals surface area contributed by atoms with Gasteiger partial charge in [0.2, 0.25) is 8.32 Å². The van der Waals surface area contributed by atoms with Gasteiger partial charge in [-0.25, -0.2) is 0 Å². The van der Waals surface area contributed by atoms with Crippen molar-refractivity contribution in [3.05, 3.63) is 23.3 Å². The van der Waals surface area contributed by atoms with Crippen LogP contribution in [0.2, 0.25) is 39.3 Å². The fraction of sp³-hybridized carbons (Fsp3) is 0.692. The molecule has 2 saturated carbocycles. The molecule has 3 aliphatic rings. The minimum absolute atomic E-state index is 0.0765. The summed E-state index contributed by atoms with van der Waals surface area (Å²) in [7, 11) is -3.43. The Labute approximate surface area is 191 Å². The van der Waals surface area contributed by atoms with Gasteiger partial charge in [0, 0.05) is 5.41 Å². The smallest absolute Gasteiger partial charge is 0.242 e. The molecule has 1 aromatic rings. The normalized spacial score (nSPS) is 35.0. The van der Waals surface area contributed by atoms with Gasteiger partial charge < -0.3 is 14.6 Å². The zero-order valence-electron chi connectivity index (χ0n) is 20.6. The van der Waals surface area contributed by atoms with Crippen molar-refractivity contribution in [2.75, 3.05) is 5.73 Å². The van der Waals surface area contributed by atoms with Gasteiger partial charge in [-0.3, -0.25) is 0 Å². The van der Waals surface area contributed by atoms with E-state index in [4.69, 9.17) is 21.0 Å². The summed E-state index contributed by atoms with van der Waals surface area (Å²) < 4.78 is 13.1. The van der Waals surface area contributed by atoms with Crippen LogP contribution in [-0.4, -0.2) is 22.2 Å². The average Bonchev–Trinajstić information content (AvgIpc) is 2.92. The fourth-order valence-corrected chi connectivity index (χ4v) is 9.27. The lowest BCUT2D eigenvalue weighted by Gasteiger charge is -2.54. The van der Waals surface area contributed by atoms with Gasteiger partial charge >= 0.3 is 0 Å². The third-order valence-electron chi connectivity index (χ3n) is 8.10. The zero-order valence-corrected chi connectivity index (χ0v) is 22.6. The van der Waals surface area contributed by atoms with E-state index in [0.717, 1.165) is 30.7 Å². The Morgan fingerprint density at radius 2 is 1.74 bits per heavy atom. The first-order chi connectivity index (χ1) is 14.3. The highest BCUT2D eigenvalue weighted by Crippen LogP contribution is 2.65. The minimum atomic E-state index is -1.74. The molecular formula is C26H41NO2Si2. The molecule has 3 nitrogen and oxygen atoms in total. The van der Waals surface area contributed by atoms with Crippen LogP contribution < -0.4 is 10.2 Å². The number of terminal acetylenes is 1. The summed E-state index contributed by atoms with van der Waals surface area (Å²) in [5, 5.41) is 0. The lowest BCUT2D eigenvalue weighted by atomic mass is 9.53. The molecule has 2 N–H and O–H groups in total. The molecule has 0 heterocycles. The molecule has 0 aliphatic heterocycles. The van der Waals surface area contributed by atoms with Gasteiger partial charge in [0.1, 0.15) is 11.4 Å². The fourth-order valence-electron chi connectivity index (χ4n) is 6.99. The van der Waals surface area contributed by atoms with Crippen molar-refractivity contribution in [3.8, 4) is 18.1 Å². The van der Waals surface area contributed by atoms with Crippen molar-refractivity contribution >= 4 is 22.3 Å². The van der Waals surface area contributed by atoms with Crippen molar-refractivity contribution in [3.63, 3.8) is 0 Å². The maximum absolute atomic E-state index is 6.81. The number of anilines is 1. The second-order valence-corrected chi connectivity index (χ2v) is 21.3. The van der Waals surface area contributed by atoms with E-state index in [2.05, 4.69) is 64.3 Å². The van der Waals surface area contributed by atoms with Gasteiger partial charge in [-0.1, -0.05) is 12.8 Å². The van der Waals surface area contributed by atoms with E-state index < -0.39 is 16.6 Å². The Morgan fingerprint density at radius 3 is 2.35 bits per heavy atom. The summed E-state index contributed by atoms with van der Waals surface area (Å²) >= 11 is 0. The van der Waals surface area contributed by atoms with Gasteiger partial charge in [0.05, 0.1) is 5.69 Å². The topological polar surface area (TPSA) is 44.5 Å². The first-order valence-corrected chi connectivity index (χ1v) is 18.9. The minimum Gasteiger partial charge on any atom is -0.543 e. The summed E-state index contributed by atoms with van der Waals surface area (Å²) in [6.07, 6.45) is 13.1. The monoisotopic (exact) mass is 455 g/mol. The number of nitrogen functional groups attached to an aromatic ring is 1. The number of aryl methyl sites for hydroxylation is 1. The van der Waals surface area contributed by atoms with Crippen LogP contribution >= 0.6 is 0 Å². The highest BCUT2D eigenvalue weighted by Gasteiger charge is 2.63. The molecule has 2 fully saturated rings. The number of hydrogen-bond donors (Lipinski definition) is 1. The third kappa shape index (κ3) is 3.89. The Kier molecular flexibility index (Phi) is 5.48. The second-order valence-electron chi connectivity index (χ2n) is 12.4. The highest BCUT2D eigenvalue weighted by atomic mass is 28.4. The van der Waals surface area contributed by atoms with E-state index in [0.29, 0.717) is 17.8 Å². The van der Waals surface area contributed by atoms with Crippen LogP contribution in [0.3, 0.4) is 0 Å². The molecule has 0 amide bonds. The molecule has 0 saturated heterocycles. The molecule has 31 heavy (non-hydrogen) atoms. The zero-order chi connectivity index (χ0) is 22.8. The van der Waals surface area contributed by atoms with E-state index in [9.17, 15) is 0 Å². The van der Waals surface area contributed by atoms with Gasteiger partial charge in [-0.2, -0.15) is 0 Å². The second kappa shape index (κ2) is 7.40. The average molecular weight is 456 g/mol. The Hall–Kier alpha value is -1.23. The first-order valence-electron chi connectivity index (χ1n) is 12.1. The largest absolute Gasteiger partial charge is 0.543 e. The van der Waals surface area contributed by atoms with Crippen molar-refractivity contribution in [1.29, 1.82) is 0 Å². The molecule has 5 heteroatoms. The van der Waals surface area contributed by atoms with Crippen molar-refractivity contribution in [2.24, 2.45) is 17.3 Å². The number of nitrogens with two attached hydrogens (primary N) is 1. The lowest BCUT2D eigenvalue weighted by Crippen LogP contribution is -2.54. The molecule has 0 unspecified atom stereocenters. The van der Waals surface area contributed by atoms with Gasteiger partial charge in [-0.05, 0) is 119 Å². The predicted molar refractivity (Wildman–Crippen MR) is 135 cm³/mol. The van der Waals surface area contributed by atoms with Crippen LogP contribution in [0.5, 0.6) is 5.75 Å². The van der Waals surface area contributed by atoms with Crippen molar-refractivity contribution in [1.82, 2.24) is 0 Å². The molecule has 1 aromatic carbocycles. The first kappa shape index (κ1) is 22.9. The number of hydrogen-bond acceptors (Lipinski definition) is 3. The van der Waals surface area contributed by atoms with Crippen molar-refractivity contribution in [2.45, 2.75) is 96.2 Å². The van der Waals surface area contributed by atoms with Crippen LogP contribution in [0.1, 0.15) is 56.1 Å². The van der Waals surface area contributed by atoms with Gasteiger partial charge in [0.15, 0.2) is 8.32 Å². The highest BCUT2D eigenvalue weighted by molar-refractivity contribution is 6.70. The van der Waals surface area contributed by atoms with E-state index >= 15 is 0 Å². The number of fused-ring (bicyclic) bond motifs is 5. The molecule has 3 aliphatic carbocycles. The summed E-state index contributed by atoms with van der Waals surface area (Å²) in [5.74, 6) is 6.00. The standard InChI is InChI=1S/C26H41NO2Si2/c1-9-26(29-31(6,7)8)15-13-22-20-11-10-18-16-24(28-30(3,4)5)23(27)17-21(18)19(20)12-14-25(22,26)2/h1,16-17,19-20,22H,10-15,27H2,2-8H3/t19-,20+,22-,25-,26-/m0/s1. The van der Waals surface area contributed by atoms with E-state index in [1.165, 1.54) is 30.4 Å². The van der Waals surface area contributed by atoms with Gasteiger partial charge in [-0.15, -0.1) is 6.42 Å². The molecule has 0 radical (unpaired) electrons. The summed E-state index contributed by atoms with van der Waals surface area (Å²) in [6.45, 7) is 15.9. The quantitative estimate of drug-likeness (QED) is 0.317. The Bertz CT molecular complexity index is 910. The third-order valence-corrected chi connectivity index (χ3v) is 9.90. The SMILES string of the molecule is C#C[C@]1(O[Si](C)(C)C)CC[C@H]2[C@@H]3CCc4cc(O[Si](C)(C)C)c(N)cc4[C@H]3CC[C@@]21C. The Balaban J connectivity index is 1.65. The summed E-state index contributed by atoms with van der Waals surface area (Å²) in [5.41, 5.74) is 9.92. The molecule has 0 bridgehead atoms. The van der Waals surface area contributed by atoms with E-state index in [1.54, 1.807) is 0 Å². The summed E-state index contributed by atoms with van der Waals surface area (Å²) in [6, 6.07) is 4.49. The lowest BCUT2D eigenvalue weighted by molar-refractivity contribution is -0.0537. The predicted octanol–water partition coefficient (Wildman–Crippen LogP) is 6.56. The molecule has 0 spiro atoms. The van der Waals surface area contributed by atoms with Crippen molar-refractivity contribution < 1.29 is 8.85 Å². The molecule has 5 atom stereocenters. The number of benzene rings is 1. The van der Waals surface area contributed by atoms with Crippen LogP contribution in [-0.2, 0) is 10.8 Å². The van der Waals surface area contributed by atoms with Gasteiger partial charge in [0.25, 0.3) is 0 Å². The van der Waals surface area contributed by atoms with Crippen LogP contribution in [0.4, 0.5) is 5.69 Å². The van der Waals surface area contributed by atoms with Crippen LogP contribution in [0, 0.1) is 29.6 Å². The van der Waals surface area contributed by atoms with Crippen LogP contribution in [0.15, 0.2) is 12.1 Å². The maximum Gasteiger partial charge on any atom is 0.242 e. The molecule has 4 rings (SSSR count). The summed E-state index contributed by atoms with van der Waals surface area (Å²) in [4.78, 5) is 0. The maximum atomic E-state index is 6.81. The van der Waals surface area contributed by atoms with E-state index in [1.807, 2.05) is 0 Å². The Morgan fingerprint density at radius 1 is 1.03 bits per heavy atom.